The zero-order chi connectivity index (χ0) is 20.1. The molecule has 3 unspecified atom stereocenters. The van der Waals surface area contributed by atoms with Gasteiger partial charge in [-0.1, -0.05) is 20.4 Å². The predicted octanol–water partition coefficient (Wildman–Crippen LogP) is 3.80. The van der Waals surface area contributed by atoms with Crippen molar-refractivity contribution in [1.82, 2.24) is 0 Å². The average Bonchev–Trinajstić information content (AvgIpc) is 3.40. The molecule has 0 amide bonds. The number of hydrogen-bond acceptors (Lipinski definition) is 5. The van der Waals surface area contributed by atoms with E-state index < -0.39 is 11.4 Å². The Bertz CT molecular complexity index is 723. The third-order valence-electron chi connectivity index (χ3n) is 10.4. The van der Waals surface area contributed by atoms with E-state index in [0.717, 1.165) is 63.7 Å². The Kier molecular flexibility index (Phi) is 3.89. The highest BCUT2D eigenvalue weighted by Gasteiger charge is 2.71. The van der Waals surface area contributed by atoms with Crippen molar-refractivity contribution in [1.29, 1.82) is 0 Å². The van der Waals surface area contributed by atoms with Gasteiger partial charge in [-0.3, -0.25) is 0 Å². The van der Waals surface area contributed by atoms with Crippen LogP contribution in [0.3, 0.4) is 0 Å². The largest absolute Gasteiger partial charge is 0.385 e. The van der Waals surface area contributed by atoms with Crippen LogP contribution in [0.5, 0.6) is 0 Å². The molecule has 162 valence electrons. The highest BCUT2D eigenvalue weighted by molar-refractivity contribution is 5.30. The summed E-state index contributed by atoms with van der Waals surface area (Å²) in [6.45, 7) is 11.9. The third-order valence-corrected chi connectivity index (χ3v) is 10.4. The molecule has 29 heavy (non-hydrogen) atoms. The Hall–Kier alpha value is -0.460. The van der Waals surface area contributed by atoms with Crippen molar-refractivity contribution in [3.63, 3.8) is 0 Å². The molecule has 6 aliphatic rings. The highest BCUT2D eigenvalue weighted by Crippen LogP contribution is 2.71. The normalized spacial score (nSPS) is 52.5. The summed E-state index contributed by atoms with van der Waals surface area (Å²) < 4.78 is 24.6. The molecule has 0 aromatic rings. The summed E-state index contributed by atoms with van der Waals surface area (Å²) in [6, 6.07) is 0. The van der Waals surface area contributed by atoms with E-state index in [-0.39, 0.29) is 16.6 Å². The van der Waals surface area contributed by atoms with Crippen LogP contribution in [0.2, 0.25) is 0 Å². The molecule has 4 saturated carbocycles. The summed E-state index contributed by atoms with van der Waals surface area (Å²) >= 11 is 0. The molecule has 6 rings (SSSR count). The summed E-state index contributed by atoms with van der Waals surface area (Å²) in [4.78, 5) is 0. The van der Waals surface area contributed by atoms with Crippen LogP contribution >= 0.6 is 0 Å². The molecule has 2 spiro atoms. The molecule has 0 aromatic heterocycles. The molecule has 2 aliphatic heterocycles. The monoisotopic (exact) mass is 404 g/mol. The standard InChI is InChI=1S/C24H36O5/c1-16-14-17-18(4-6-21(3)19(17)5-7-24(21)28-12-13-29-24)20(2)8-9-22(15-23(16,20)25)26-10-11-27-22/h17-19,25H,1,4-15H2,2-3H3/t17?,18?,19?,20-,21+,23+/m1/s1. The molecule has 2 heterocycles. The second kappa shape index (κ2) is 5.86. The van der Waals surface area contributed by atoms with Gasteiger partial charge in [0.05, 0.1) is 32.0 Å². The van der Waals surface area contributed by atoms with Crippen molar-refractivity contribution >= 4 is 0 Å². The van der Waals surface area contributed by atoms with Gasteiger partial charge >= 0.3 is 0 Å². The van der Waals surface area contributed by atoms with E-state index in [0.29, 0.717) is 37.4 Å². The Labute approximate surface area is 174 Å². The van der Waals surface area contributed by atoms with Crippen LogP contribution in [0.15, 0.2) is 12.2 Å². The van der Waals surface area contributed by atoms with Crippen molar-refractivity contribution in [3.05, 3.63) is 12.2 Å². The number of rotatable bonds is 0. The van der Waals surface area contributed by atoms with Crippen LogP contribution in [0.1, 0.15) is 65.2 Å². The van der Waals surface area contributed by atoms with Gasteiger partial charge in [0.25, 0.3) is 0 Å². The van der Waals surface area contributed by atoms with Gasteiger partial charge in [-0.05, 0) is 55.4 Å². The molecule has 2 saturated heterocycles. The maximum absolute atomic E-state index is 12.1. The van der Waals surface area contributed by atoms with Gasteiger partial charge in [0.15, 0.2) is 11.6 Å². The quantitative estimate of drug-likeness (QED) is 0.623. The fourth-order valence-corrected chi connectivity index (χ4v) is 8.80. The van der Waals surface area contributed by atoms with Gasteiger partial charge < -0.3 is 24.1 Å². The Balaban J connectivity index is 1.35. The summed E-state index contributed by atoms with van der Waals surface area (Å²) in [7, 11) is 0. The first kappa shape index (κ1) is 19.2. The number of ether oxygens (including phenoxy) is 4. The van der Waals surface area contributed by atoms with Gasteiger partial charge in [0.1, 0.15) is 0 Å². The van der Waals surface area contributed by atoms with Crippen LogP contribution in [0, 0.1) is 28.6 Å². The number of hydrogen-bond donors (Lipinski definition) is 1. The van der Waals surface area contributed by atoms with Crippen LogP contribution in [0.25, 0.3) is 0 Å². The van der Waals surface area contributed by atoms with E-state index in [4.69, 9.17) is 18.9 Å². The maximum Gasteiger partial charge on any atom is 0.174 e. The second-order valence-corrected chi connectivity index (χ2v) is 11.2. The van der Waals surface area contributed by atoms with E-state index in [1.807, 2.05) is 0 Å². The maximum atomic E-state index is 12.1. The van der Waals surface area contributed by atoms with Crippen molar-refractivity contribution in [3.8, 4) is 0 Å². The smallest absolute Gasteiger partial charge is 0.174 e. The molecule has 1 N–H and O–H groups in total. The topological polar surface area (TPSA) is 57.2 Å². The molecule has 0 bridgehead atoms. The van der Waals surface area contributed by atoms with Crippen molar-refractivity contribution < 1.29 is 24.1 Å². The first-order valence-corrected chi connectivity index (χ1v) is 11.7. The lowest BCUT2D eigenvalue weighted by atomic mass is 9.42. The fourth-order valence-electron chi connectivity index (χ4n) is 8.80. The van der Waals surface area contributed by atoms with Crippen LogP contribution < -0.4 is 0 Å². The summed E-state index contributed by atoms with van der Waals surface area (Å²) in [5.74, 6) is 0.661. The molecule has 0 radical (unpaired) electrons. The van der Waals surface area contributed by atoms with Gasteiger partial charge in [-0.15, -0.1) is 0 Å². The van der Waals surface area contributed by atoms with Crippen molar-refractivity contribution in [2.24, 2.45) is 28.6 Å². The Morgan fingerprint density at radius 1 is 0.828 bits per heavy atom. The molecule has 6 atom stereocenters. The van der Waals surface area contributed by atoms with Crippen LogP contribution in [0.4, 0.5) is 0 Å². The number of fused-ring (bicyclic) bond motifs is 6. The molecular formula is C24H36O5. The van der Waals surface area contributed by atoms with E-state index >= 15 is 0 Å². The minimum atomic E-state index is -0.902. The Morgan fingerprint density at radius 3 is 2.17 bits per heavy atom. The lowest BCUT2D eigenvalue weighted by molar-refractivity contribution is -0.279. The minimum Gasteiger partial charge on any atom is -0.385 e. The van der Waals surface area contributed by atoms with E-state index in [2.05, 4.69) is 20.4 Å². The number of aliphatic hydroxyl groups is 1. The van der Waals surface area contributed by atoms with Crippen molar-refractivity contribution in [2.45, 2.75) is 82.4 Å². The van der Waals surface area contributed by atoms with E-state index in [9.17, 15) is 5.11 Å². The molecule has 6 fully saturated rings. The van der Waals surface area contributed by atoms with Gasteiger partial charge in [0.2, 0.25) is 0 Å². The van der Waals surface area contributed by atoms with E-state index in [1.165, 1.54) is 0 Å². The van der Waals surface area contributed by atoms with Gasteiger partial charge in [0, 0.05) is 30.1 Å². The highest BCUT2D eigenvalue weighted by atomic mass is 16.7. The summed E-state index contributed by atoms with van der Waals surface area (Å²) in [5.41, 5.74) is 0.00549. The minimum absolute atomic E-state index is 0.0737. The zero-order valence-corrected chi connectivity index (χ0v) is 18.0. The Morgan fingerprint density at radius 2 is 1.45 bits per heavy atom. The van der Waals surface area contributed by atoms with Crippen molar-refractivity contribution in [2.75, 3.05) is 26.4 Å². The van der Waals surface area contributed by atoms with E-state index in [1.54, 1.807) is 0 Å². The summed E-state index contributed by atoms with van der Waals surface area (Å²) in [6.07, 6.45) is 7.68. The average molecular weight is 405 g/mol. The lowest BCUT2D eigenvalue weighted by Crippen LogP contribution is -2.66. The predicted molar refractivity (Wildman–Crippen MR) is 107 cm³/mol. The molecule has 4 aliphatic carbocycles. The molecule has 5 heteroatoms. The van der Waals surface area contributed by atoms with Crippen LogP contribution in [-0.2, 0) is 18.9 Å². The van der Waals surface area contributed by atoms with Gasteiger partial charge in [-0.25, -0.2) is 0 Å². The fraction of sp³-hybridized carbons (Fsp3) is 0.917. The molecule has 0 aromatic carbocycles. The third kappa shape index (κ3) is 2.19. The molecule has 5 nitrogen and oxygen atoms in total. The first-order valence-electron chi connectivity index (χ1n) is 11.7. The second-order valence-electron chi connectivity index (χ2n) is 11.2. The van der Waals surface area contributed by atoms with Crippen LogP contribution in [-0.4, -0.2) is 48.7 Å². The zero-order valence-electron chi connectivity index (χ0n) is 18.0. The summed E-state index contributed by atoms with van der Waals surface area (Å²) in [5, 5.41) is 12.1. The first-order chi connectivity index (χ1) is 13.8. The lowest BCUT2D eigenvalue weighted by Gasteiger charge is -2.65. The SMILES string of the molecule is C=C1CC2C3CCC4(OCCO4)[C@@]3(C)CCC2[C@@]2(C)CCC3(C[C@]12O)OCCO3. The van der Waals surface area contributed by atoms with Gasteiger partial charge in [-0.2, -0.15) is 0 Å². The molecular weight excluding hydrogens is 368 g/mol.